The lowest BCUT2D eigenvalue weighted by molar-refractivity contribution is -0.134. The largest absolute Gasteiger partial charge is 0.336 e. The van der Waals surface area contributed by atoms with E-state index in [1.54, 1.807) is 4.90 Å². The number of H-pyrrole nitrogens is 1. The van der Waals surface area contributed by atoms with E-state index >= 15 is 0 Å². The van der Waals surface area contributed by atoms with Crippen LogP contribution in [0.1, 0.15) is 6.92 Å². The molecule has 2 heterocycles. The number of piperazine rings is 1. The van der Waals surface area contributed by atoms with Crippen molar-refractivity contribution in [1.29, 1.82) is 0 Å². The lowest BCUT2D eigenvalue weighted by Crippen LogP contribution is -2.53. The third-order valence-electron chi connectivity index (χ3n) is 3.09. The van der Waals surface area contributed by atoms with Gasteiger partial charge in [0.25, 0.3) is 5.56 Å². The van der Waals surface area contributed by atoms with Gasteiger partial charge >= 0.3 is 5.69 Å². The van der Waals surface area contributed by atoms with Gasteiger partial charge in [-0.25, -0.2) is 4.79 Å². The molecule has 0 saturated carbocycles. The van der Waals surface area contributed by atoms with Crippen molar-refractivity contribution in [2.45, 2.75) is 19.5 Å². The molecule has 1 aromatic rings. The van der Waals surface area contributed by atoms with Crippen molar-refractivity contribution in [3.8, 4) is 0 Å². The summed E-state index contributed by atoms with van der Waals surface area (Å²) in [5.74, 6) is -0.130. The molecule has 1 fully saturated rings. The number of aromatic nitrogens is 2. The van der Waals surface area contributed by atoms with Crippen LogP contribution in [0.5, 0.6) is 0 Å². The van der Waals surface area contributed by atoms with Crippen LogP contribution in [0.3, 0.4) is 0 Å². The first-order chi connectivity index (χ1) is 8.99. The molecule has 0 spiro atoms. The third kappa shape index (κ3) is 3.13. The standard InChI is InChI=1S/C11H15BrN4O3/c1-7-4-13-2-3-16(7)9(17)6-15-5-8(12)10(18)14-11(15)19/h5,7,13H,2-4,6H2,1H3,(H,14,18,19)/t7-/m1/s1. The van der Waals surface area contributed by atoms with E-state index < -0.39 is 11.2 Å². The topological polar surface area (TPSA) is 87.2 Å². The molecule has 1 saturated heterocycles. The van der Waals surface area contributed by atoms with Crippen molar-refractivity contribution in [1.82, 2.24) is 19.8 Å². The molecule has 0 unspecified atom stereocenters. The number of nitrogens with zero attached hydrogens (tertiary/aromatic N) is 2. The molecule has 0 aliphatic carbocycles. The van der Waals surface area contributed by atoms with Gasteiger partial charge < -0.3 is 10.2 Å². The number of aromatic amines is 1. The van der Waals surface area contributed by atoms with Gasteiger partial charge in [-0.15, -0.1) is 0 Å². The Morgan fingerprint density at radius 2 is 2.26 bits per heavy atom. The number of hydrogen-bond donors (Lipinski definition) is 2. The van der Waals surface area contributed by atoms with Crippen LogP contribution >= 0.6 is 15.9 Å². The molecule has 2 N–H and O–H groups in total. The van der Waals surface area contributed by atoms with Crippen LogP contribution in [-0.4, -0.2) is 46.0 Å². The lowest BCUT2D eigenvalue weighted by atomic mass is 10.2. The zero-order chi connectivity index (χ0) is 14.0. The molecule has 1 aromatic heterocycles. The Morgan fingerprint density at radius 1 is 1.53 bits per heavy atom. The highest BCUT2D eigenvalue weighted by Crippen LogP contribution is 2.04. The highest BCUT2D eigenvalue weighted by molar-refractivity contribution is 9.10. The zero-order valence-electron chi connectivity index (χ0n) is 10.5. The van der Waals surface area contributed by atoms with E-state index in [0.717, 1.165) is 13.1 Å². The molecular formula is C11H15BrN4O3. The van der Waals surface area contributed by atoms with Gasteiger partial charge in [0.2, 0.25) is 5.91 Å². The Labute approximate surface area is 117 Å². The van der Waals surface area contributed by atoms with Crippen LogP contribution in [-0.2, 0) is 11.3 Å². The van der Waals surface area contributed by atoms with Crippen molar-refractivity contribution >= 4 is 21.8 Å². The fourth-order valence-electron chi connectivity index (χ4n) is 2.05. The van der Waals surface area contributed by atoms with Gasteiger partial charge in [0.15, 0.2) is 0 Å². The van der Waals surface area contributed by atoms with Crippen molar-refractivity contribution in [3.63, 3.8) is 0 Å². The summed E-state index contributed by atoms with van der Waals surface area (Å²) >= 11 is 3.04. The fraction of sp³-hybridized carbons (Fsp3) is 0.545. The van der Waals surface area contributed by atoms with Gasteiger partial charge in [-0.2, -0.15) is 0 Å². The predicted octanol–water partition coefficient (Wildman–Crippen LogP) is -0.881. The molecule has 0 bridgehead atoms. The Hall–Kier alpha value is -1.41. The molecule has 7 nitrogen and oxygen atoms in total. The molecule has 1 aliphatic rings. The molecular weight excluding hydrogens is 316 g/mol. The minimum atomic E-state index is -0.579. The van der Waals surface area contributed by atoms with Crippen molar-refractivity contribution < 1.29 is 4.79 Å². The first-order valence-electron chi connectivity index (χ1n) is 5.98. The molecule has 1 amide bonds. The van der Waals surface area contributed by atoms with E-state index in [2.05, 4.69) is 26.2 Å². The Balaban J connectivity index is 2.17. The summed E-state index contributed by atoms with van der Waals surface area (Å²) in [4.78, 5) is 38.9. The van der Waals surface area contributed by atoms with Crippen molar-refractivity contribution in [3.05, 3.63) is 31.5 Å². The molecule has 8 heteroatoms. The third-order valence-corrected chi connectivity index (χ3v) is 3.66. The van der Waals surface area contributed by atoms with Crippen LogP contribution in [0.25, 0.3) is 0 Å². The molecule has 19 heavy (non-hydrogen) atoms. The number of amides is 1. The summed E-state index contributed by atoms with van der Waals surface area (Å²) in [7, 11) is 0. The number of rotatable bonds is 2. The number of carbonyl (C=O) groups excluding carboxylic acids is 1. The summed E-state index contributed by atoms with van der Waals surface area (Å²) in [6, 6.07) is 0.100. The summed E-state index contributed by atoms with van der Waals surface area (Å²) in [6.07, 6.45) is 1.34. The smallest absolute Gasteiger partial charge is 0.328 e. The molecule has 1 aliphatic heterocycles. The number of halogens is 1. The van der Waals surface area contributed by atoms with E-state index in [-0.39, 0.29) is 23.0 Å². The zero-order valence-corrected chi connectivity index (χ0v) is 12.1. The normalized spacial score (nSPS) is 19.5. The predicted molar refractivity (Wildman–Crippen MR) is 73.1 cm³/mol. The Bertz CT molecular complexity index is 594. The second kappa shape index (κ2) is 5.70. The maximum absolute atomic E-state index is 12.2. The summed E-state index contributed by atoms with van der Waals surface area (Å²) in [6.45, 7) is 4.00. The van der Waals surface area contributed by atoms with Crippen LogP contribution in [0.15, 0.2) is 20.3 Å². The first kappa shape index (κ1) is 14.0. The van der Waals surface area contributed by atoms with Crippen LogP contribution < -0.4 is 16.6 Å². The van der Waals surface area contributed by atoms with Gasteiger partial charge in [0.1, 0.15) is 6.54 Å². The van der Waals surface area contributed by atoms with Crippen LogP contribution in [0, 0.1) is 0 Å². The van der Waals surface area contributed by atoms with Crippen molar-refractivity contribution in [2.24, 2.45) is 0 Å². The Kier molecular flexibility index (Phi) is 4.20. The van der Waals surface area contributed by atoms with Crippen LogP contribution in [0.4, 0.5) is 0 Å². The molecule has 0 aromatic carbocycles. The maximum Gasteiger partial charge on any atom is 0.328 e. The second-order valence-electron chi connectivity index (χ2n) is 4.50. The van der Waals surface area contributed by atoms with Gasteiger partial charge in [-0.1, -0.05) is 0 Å². The van der Waals surface area contributed by atoms with Crippen molar-refractivity contribution in [2.75, 3.05) is 19.6 Å². The maximum atomic E-state index is 12.2. The van der Waals surface area contributed by atoms with Crippen LogP contribution in [0.2, 0.25) is 0 Å². The monoisotopic (exact) mass is 330 g/mol. The molecule has 2 rings (SSSR count). The highest BCUT2D eigenvalue weighted by Gasteiger charge is 2.23. The Morgan fingerprint density at radius 3 is 2.95 bits per heavy atom. The average molecular weight is 331 g/mol. The number of nitrogens with one attached hydrogen (secondary N) is 2. The van der Waals surface area contributed by atoms with E-state index in [9.17, 15) is 14.4 Å². The summed E-state index contributed by atoms with van der Waals surface area (Å²) < 4.78 is 1.43. The minimum absolute atomic E-state index is 0.0709. The van der Waals surface area contributed by atoms with E-state index in [1.165, 1.54) is 10.8 Å². The quantitative estimate of drug-likeness (QED) is 0.737. The van der Waals surface area contributed by atoms with Gasteiger partial charge in [0, 0.05) is 31.9 Å². The average Bonchev–Trinajstić information content (AvgIpc) is 2.36. The van der Waals surface area contributed by atoms with E-state index in [4.69, 9.17) is 0 Å². The number of carbonyl (C=O) groups is 1. The second-order valence-corrected chi connectivity index (χ2v) is 5.36. The highest BCUT2D eigenvalue weighted by atomic mass is 79.9. The lowest BCUT2D eigenvalue weighted by Gasteiger charge is -2.34. The summed E-state index contributed by atoms with van der Waals surface area (Å²) in [5, 5.41) is 3.19. The molecule has 1 atom stereocenters. The number of hydrogen-bond acceptors (Lipinski definition) is 4. The SMILES string of the molecule is C[C@@H]1CNCCN1C(=O)Cn1cc(Br)c(=O)[nH]c1=O. The minimum Gasteiger partial charge on any atom is -0.336 e. The first-order valence-corrected chi connectivity index (χ1v) is 6.78. The van der Waals surface area contributed by atoms with E-state index in [1.807, 2.05) is 6.92 Å². The molecule has 104 valence electrons. The summed E-state index contributed by atoms with van der Waals surface area (Å²) in [5.41, 5.74) is -1.08. The van der Waals surface area contributed by atoms with Gasteiger partial charge in [0.05, 0.1) is 4.47 Å². The van der Waals surface area contributed by atoms with Gasteiger partial charge in [-0.05, 0) is 22.9 Å². The van der Waals surface area contributed by atoms with Gasteiger partial charge in [-0.3, -0.25) is 19.1 Å². The molecule has 0 radical (unpaired) electrons. The fourth-order valence-corrected chi connectivity index (χ4v) is 2.39. The van der Waals surface area contributed by atoms with E-state index in [0.29, 0.717) is 6.54 Å².